The number of aromatic nitrogens is 1. The maximum Gasteiger partial charge on any atom is 0.253 e. The number of thioether (sulfide) groups is 1. The Bertz CT molecular complexity index is 423. The highest BCUT2D eigenvalue weighted by atomic mass is 35.5. The first-order valence-corrected chi connectivity index (χ1v) is 7.64. The molecule has 0 radical (unpaired) electrons. The molecule has 0 saturated carbocycles. The first-order chi connectivity index (χ1) is 8.45. The van der Waals surface area contributed by atoms with Crippen LogP contribution in [0.15, 0.2) is 12.1 Å². The van der Waals surface area contributed by atoms with E-state index in [1.165, 1.54) is 0 Å². The van der Waals surface area contributed by atoms with Crippen LogP contribution >= 0.6 is 23.4 Å². The minimum atomic E-state index is -0.00440. The Hall–Kier alpha value is -0.740. The zero-order valence-corrected chi connectivity index (χ0v) is 12.8. The summed E-state index contributed by atoms with van der Waals surface area (Å²) in [6.45, 7) is 4.80. The first kappa shape index (κ1) is 15.3. The summed E-state index contributed by atoms with van der Waals surface area (Å²) < 4.78 is 0. The zero-order chi connectivity index (χ0) is 13.7. The van der Waals surface area contributed by atoms with Crippen molar-refractivity contribution in [3.63, 3.8) is 0 Å². The lowest BCUT2D eigenvalue weighted by Gasteiger charge is -2.17. The van der Waals surface area contributed by atoms with Gasteiger partial charge >= 0.3 is 0 Å². The van der Waals surface area contributed by atoms with E-state index < -0.39 is 0 Å². The van der Waals surface area contributed by atoms with Gasteiger partial charge in [0.25, 0.3) is 5.91 Å². The molecule has 3 nitrogen and oxygen atoms in total. The molecule has 0 bridgehead atoms. The second kappa shape index (κ2) is 7.00. The number of rotatable bonds is 5. The minimum absolute atomic E-state index is 0.00440. The van der Waals surface area contributed by atoms with Gasteiger partial charge in [0.05, 0.1) is 0 Å². The molecule has 0 aliphatic heterocycles. The predicted molar refractivity (Wildman–Crippen MR) is 78.7 cm³/mol. The van der Waals surface area contributed by atoms with Gasteiger partial charge in [-0.3, -0.25) is 4.79 Å². The number of hydrogen-bond acceptors (Lipinski definition) is 3. The summed E-state index contributed by atoms with van der Waals surface area (Å²) >= 11 is 7.68. The summed E-state index contributed by atoms with van der Waals surface area (Å²) in [5.41, 5.74) is 1.46. The van der Waals surface area contributed by atoms with Gasteiger partial charge in [0.1, 0.15) is 5.15 Å². The Kier molecular flexibility index (Phi) is 5.96. The highest BCUT2D eigenvalue weighted by molar-refractivity contribution is 7.98. The third kappa shape index (κ3) is 4.18. The summed E-state index contributed by atoms with van der Waals surface area (Å²) in [4.78, 5) is 18.2. The van der Waals surface area contributed by atoms with E-state index in [2.05, 4.69) is 4.98 Å². The van der Waals surface area contributed by atoms with E-state index in [0.29, 0.717) is 10.7 Å². The predicted octanol–water partition coefficient (Wildman–Crippen LogP) is 3.29. The molecule has 0 unspecified atom stereocenters. The number of hydrogen-bond donors (Lipinski definition) is 0. The highest BCUT2D eigenvalue weighted by Gasteiger charge is 2.14. The molecule has 5 heteroatoms. The Balaban J connectivity index is 2.91. The van der Waals surface area contributed by atoms with Gasteiger partial charge in [-0.2, -0.15) is 11.8 Å². The molecule has 0 spiro atoms. The van der Waals surface area contributed by atoms with Gasteiger partial charge in [-0.15, -0.1) is 0 Å². The number of pyridine rings is 1. The Morgan fingerprint density at radius 3 is 2.72 bits per heavy atom. The van der Waals surface area contributed by atoms with Gasteiger partial charge in [-0.25, -0.2) is 4.98 Å². The van der Waals surface area contributed by atoms with Crippen LogP contribution in [0.2, 0.25) is 5.15 Å². The van der Waals surface area contributed by atoms with Crippen LogP contribution < -0.4 is 0 Å². The Morgan fingerprint density at radius 2 is 2.17 bits per heavy atom. The van der Waals surface area contributed by atoms with Crippen molar-refractivity contribution in [3.05, 3.63) is 28.5 Å². The number of halogens is 1. The lowest BCUT2D eigenvalue weighted by molar-refractivity contribution is 0.0803. The molecule has 1 aromatic rings. The molecule has 0 aliphatic rings. The number of carbonyl (C=O) groups excluding carboxylic acids is 1. The van der Waals surface area contributed by atoms with Crippen LogP contribution in [0.4, 0.5) is 0 Å². The molecule has 0 N–H and O–H groups in total. The van der Waals surface area contributed by atoms with Crippen LogP contribution in [0.1, 0.15) is 35.8 Å². The topological polar surface area (TPSA) is 33.2 Å². The maximum atomic E-state index is 12.2. The molecule has 1 heterocycles. The largest absolute Gasteiger partial charge is 0.341 e. The van der Waals surface area contributed by atoms with Crippen LogP contribution in [0.5, 0.6) is 0 Å². The molecule has 1 amide bonds. The molecule has 1 rings (SSSR count). The fraction of sp³-hybridized carbons (Fsp3) is 0.538. The molecule has 100 valence electrons. The quantitative estimate of drug-likeness (QED) is 0.779. The Labute approximate surface area is 118 Å². The molecule has 0 aromatic carbocycles. The highest BCUT2D eigenvalue weighted by Crippen LogP contribution is 2.18. The molecule has 0 saturated heterocycles. The molecule has 18 heavy (non-hydrogen) atoms. The van der Waals surface area contributed by atoms with Gasteiger partial charge in [-0.1, -0.05) is 25.4 Å². The second-order valence-corrected chi connectivity index (χ2v) is 5.85. The summed E-state index contributed by atoms with van der Waals surface area (Å²) in [6, 6.07) is 3.46. The van der Waals surface area contributed by atoms with Gasteiger partial charge in [-0.05, 0) is 24.3 Å². The van der Waals surface area contributed by atoms with Gasteiger partial charge in [0.2, 0.25) is 0 Å². The third-order valence-electron chi connectivity index (χ3n) is 2.63. The Morgan fingerprint density at radius 1 is 1.50 bits per heavy atom. The fourth-order valence-electron chi connectivity index (χ4n) is 1.49. The van der Waals surface area contributed by atoms with Crippen molar-refractivity contribution >= 4 is 29.3 Å². The number of carbonyl (C=O) groups is 1. The van der Waals surface area contributed by atoms with Crippen molar-refractivity contribution in [2.75, 3.05) is 25.6 Å². The van der Waals surface area contributed by atoms with E-state index in [0.717, 1.165) is 18.0 Å². The van der Waals surface area contributed by atoms with Crippen LogP contribution in [0.3, 0.4) is 0 Å². The SMILES string of the molecule is CSCCN(C)C(=O)c1cc(Cl)nc(C(C)C)c1. The van der Waals surface area contributed by atoms with Crippen molar-refractivity contribution in [1.29, 1.82) is 0 Å². The van der Waals surface area contributed by atoms with E-state index in [1.54, 1.807) is 22.7 Å². The van der Waals surface area contributed by atoms with Crippen molar-refractivity contribution in [2.45, 2.75) is 19.8 Å². The van der Waals surface area contributed by atoms with E-state index in [-0.39, 0.29) is 11.8 Å². The van der Waals surface area contributed by atoms with E-state index in [9.17, 15) is 4.79 Å². The summed E-state index contributed by atoms with van der Waals surface area (Å²) in [6.07, 6.45) is 2.03. The molecular formula is C13H19ClN2OS. The van der Waals surface area contributed by atoms with Crippen LogP contribution in [-0.4, -0.2) is 41.4 Å². The normalized spacial score (nSPS) is 10.8. The molecule has 0 atom stereocenters. The molecule has 0 fully saturated rings. The molecular weight excluding hydrogens is 268 g/mol. The zero-order valence-electron chi connectivity index (χ0n) is 11.2. The van der Waals surface area contributed by atoms with E-state index >= 15 is 0 Å². The fourth-order valence-corrected chi connectivity index (χ4v) is 2.16. The van der Waals surface area contributed by atoms with Gasteiger partial charge in [0.15, 0.2) is 0 Å². The second-order valence-electron chi connectivity index (χ2n) is 4.48. The molecule has 1 aromatic heterocycles. The third-order valence-corrected chi connectivity index (χ3v) is 3.41. The summed E-state index contributed by atoms with van der Waals surface area (Å²) in [5.74, 6) is 1.18. The monoisotopic (exact) mass is 286 g/mol. The van der Waals surface area contributed by atoms with Gasteiger partial charge < -0.3 is 4.90 Å². The van der Waals surface area contributed by atoms with Crippen molar-refractivity contribution in [2.24, 2.45) is 0 Å². The van der Waals surface area contributed by atoms with E-state index in [1.807, 2.05) is 33.2 Å². The van der Waals surface area contributed by atoms with Crippen molar-refractivity contribution < 1.29 is 4.79 Å². The van der Waals surface area contributed by atoms with Crippen LogP contribution in [0.25, 0.3) is 0 Å². The summed E-state index contributed by atoms with van der Waals surface area (Å²) in [5, 5.41) is 0.378. The van der Waals surface area contributed by atoms with Crippen LogP contribution in [-0.2, 0) is 0 Å². The maximum absolute atomic E-state index is 12.2. The molecule has 0 aliphatic carbocycles. The average molecular weight is 287 g/mol. The smallest absolute Gasteiger partial charge is 0.253 e. The first-order valence-electron chi connectivity index (χ1n) is 5.87. The van der Waals surface area contributed by atoms with Crippen LogP contribution in [0, 0.1) is 0 Å². The van der Waals surface area contributed by atoms with Crippen molar-refractivity contribution in [1.82, 2.24) is 9.88 Å². The number of amides is 1. The lowest BCUT2D eigenvalue weighted by Crippen LogP contribution is -2.29. The van der Waals surface area contributed by atoms with Gasteiger partial charge in [0, 0.05) is 30.6 Å². The number of nitrogens with zero attached hydrogens (tertiary/aromatic N) is 2. The lowest BCUT2D eigenvalue weighted by atomic mass is 10.1. The summed E-state index contributed by atoms with van der Waals surface area (Å²) in [7, 11) is 1.81. The average Bonchev–Trinajstić information content (AvgIpc) is 2.34. The minimum Gasteiger partial charge on any atom is -0.341 e. The standard InChI is InChI=1S/C13H19ClN2OS/c1-9(2)11-7-10(8-12(14)15-11)13(17)16(3)5-6-18-4/h7-9H,5-6H2,1-4H3. The van der Waals surface area contributed by atoms with E-state index in [4.69, 9.17) is 11.6 Å². The van der Waals surface area contributed by atoms with Crippen molar-refractivity contribution in [3.8, 4) is 0 Å².